The van der Waals surface area contributed by atoms with Crippen molar-refractivity contribution in [2.24, 2.45) is 11.3 Å². The number of nitrogens with one attached hydrogen (secondary N) is 1. The second-order valence-electron chi connectivity index (χ2n) is 17.0. The van der Waals surface area contributed by atoms with Crippen LogP contribution in [-0.4, -0.2) is 124 Å². The minimum Gasteiger partial charge on any atom is -0.491 e. The molecule has 1 rings (SSSR count). The van der Waals surface area contributed by atoms with Gasteiger partial charge in [-0.05, 0) is 70.1 Å². The van der Waals surface area contributed by atoms with Gasteiger partial charge in [0.15, 0.2) is 0 Å². The lowest BCUT2D eigenvalue weighted by Crippen LogP contribution is -2.63. The van der Waals surface area contributed by atoms with Crippen molar-refractivity contribution in [3.8, 4) is 5.75 Å². The molecule has 320 valence electrons. The zero-order valence-corrected chi connectivity index (χ0v) is 37.0. The zero-order chi connectivity index (χ0) is 42.9. The molecule has 0 unspecified atom stereocenters. The van der Waals surface area contributed by atoms with Crippen LogP contribution in [-0.2, 0) is 43.5 Å². The maximum Gasteiger partial charge on any atom is 0.410 e. The molecule has 0 spiro atoms. The van der Waals surface area contributed by atoms with Crippen LogP contribution in [0.1, 0.15) is 102 Å². The molecule has 0 saturated carbocycles. The number of benzene rings is 1. The Kier molecular flexibility index (Phi) is 21.1. The molecule has 3 amide bonds. The largest absolute Gasteiger partial charge is 0.491 e. The Hall–Kier alpha value is -3.68. The minimum absolute atomic E-state index is 0.0606. The number of amides is 3. The third-order valence-corrected chi connectivity index (χ3v) is 9.08. The summed E-state index contributed by atoms with van der Waals surface area (Å²) in [6, 6.07) is 4.78. The van der Waals surface area contributed by atoms with Crippen LogP contribution in [0, 0.1) is 11.3 Å². The molecule has 1 N–H and O–H groups in total. The number of nitrogens with zero attached hydrogens (tertiary/aromatic N) is 2. The second kappa shape index (κ2) is 23.5. The Balaban J connectivity index is 3.32. The van der Waals surface area contributed by atoms with Gasteiger partial charge in [-0.2, -0.15) is 0 Å². The van der Waals surface area contributed by atoms with Crippen molar-refractivity contribution >= 4 is 23.9 Å². The molecule has 0 aliphatic heterocycles. The molecule has 0 radical (unpaired) electrons. The fourth-order valence-electron chi connectivity index (χ4n) is 6.01. The van der Waals surface area contributed by atoms with Crippen molar-refractivity contribution in [2.45, 2.75) is 126 Å². The third-order valence-electron chi connectivity index (χ3n) is 9.08. The Morgan fingerprint density at radius 2 is 1.29 bits per heavy atom. The van der Waals surface area contributed by atoms with E-state index in [9.17, 15) is 19.2 Å². The van der Waals surface area contributed by atoms with E-state index in [-0.39, 0.29) is 18.4 Å². The van der Waals surface area contributed by atoms with Gasteiger partial charge in [-0.25, -0.2) is 9.59 Å². The molecule has 0 saturated heterocycles. The number of carbonyl (C=O) groups is 4. The maximum atomic E-state index is 14.6. The first kappa shape index (κ1) is 50.3. The maximum absolute atomic E-state index is 14.6. The van der Waals surface area contributed by atoms with E-state index in [1.165, 1.54) is 11.9 Å². The minimum atomic E-state index is -1.10. The first-order chi connectivity index (χ1) is 26.0. The Labute approximate surface area is 337 Å². The number of hydrogen-bond acceptors (Lipinski definition) is 10. The van der Waals surface area contributed by atoms with Crippen molar-refractivity contribution in [3.63, 3.8) is 0 Å². The normalized spacial score (nSPS) is 14.1. The van der Waals surface area contributed by atoms with Gasteiger partial charge in [0.05, 0.1) is 45.7 Å². The summed E-state index contributed by atoms with van der Waals surface area (Å²) < 4.78 is 33.3. The van der Waals surface area contributed by atoms with E-state index in [0.29, 0.717) is 51.0 Å². The first-order valence-electron chi connectivity index (χ1n) is 19.8. The summed E-state index contributed by atoms with van der Waals surface area (Å²) in [7, 11) is 3.19. The monoisotopic (exact) mass is 792 g/mol. The summed E-state index contributed by atoms with van der Waals surface area (Å²) >= 11 is 0. The number of hydrogen-bond donors (Lipinski definition) is 1. The molecule has 0 aliphatic rings. The molecule has 1 aromatic carbocycles. The summed E-state index contributed by atoms with van der Waals surface area (Å²) in [4.78, 5) is 57.9. The molecule has 0 heterocycles. The van der Waals surface area contributed by atoms with Gasteiger partial charge >= 0.3 is 12.1 Å². The number of esters is 1. The predicted octanol–water partition coefficient (Wildman–Crippen LogP) is 6.56. The molecule has 13 heteroatoms. The average molecular weight is 792 g/mol. The van der Waals surface area contributed by atoms with Crippen LogP contribution >= 0.6 is 0 Å². The lowest BCUT2D eigenvalue weighted by molar-refractivity contribution is -0.142. The molecule has 0 fully saturated rings. The first-order valence-corrected chi connectivity index (χ1v) is 19.8. The molecular weight excluding hydrogens is 718 g/mol. The van der Waals surface area contributed by atoms with Crippen LogP contribution in [0.4, 0.5) is 4.79 Å². The zero-order valence-electron chi connectivity index (χ0n) is 37.0. The molecule has 1 aromatic rings. The quantitative estimate of drug-likeness (QED) is 0.0736. The fourth-order valence-corrected chi connectivity index (χ4v) is 6.01. The smallest absolute Gasteiger partial charge is 0.410 e. The number of carbonyl (C=O) groups excluding carboxylic acids is 4. The number of rotatable bonds is 23. The lowest BCUT2D eigenvalue weighted by atomic mass is 9.76. The Bertz CT molecular complexity index is 1400. The highest BCUT2D eigenvalue weighted by molar-refractivity contribution is 5.93. The molecule has 13 nitrogen and oxygen atoms in total. The summed E-state index contributed by atoms with van der Waals surface area (Å²) in [5, 5.41) is 3.03. The van der Waals surface area contributed by atoms with Gasteiger partial charge in [0, 0.05) is 31.7 Å². The summed E-state index contributed by atoms with van der Waals surface area (Å²) in [5.74, 6) is -0.769. The van der Waals surface area contributed by atoms with Gasteiger partial charge in [0.2, 0.25) is 11.8 Å². The van der Waals surface area contributed by atoms with Gasteiger partial charge in [-0.3, -0.25) is 14.5 Å². The van der Waals surface area contributed by atoms with E-state index >= 15 is 0 Å². The van der Waals surface area contributed by atoms with Gasteiger partial charge in [-0.1, -0.05) is 73.6 Å². The van der Waals surface area contributed by atoms with E-state index in [4.69, 9.17) is 28.4 Å². The highest BCUT2D eigenvalue weighted by Crippen LogP contribution is 2.33. The highest BCUT2D eigenvalue weighted by atomic mass is 16.6. The third kappa shape index (κ3) is 16.8. The molecule has 0 aromatic heterocycles. The lowest BCUT2D eigenvalue weighted by Gasteiger charge is -2.42. The van der Waals surface area contributed by atoms with Gasteiger partial charge in [0.25, 0.3) is 0 Å². The SMILES string of the molecule is CCCOCCOCCOCCOc1ccc(C(C)(C)[C@@H](C(=O)N[C@H](C(=O)N(C)[C@H](/C=C(\C)C(=O)OCC)C(C)C)C(C)(C)C)N(C)C(=O)OC(C)(C)C)cc1. The summed E-state index contributed by atoms with van der Waals surface area (Å²) in [6.45, 7) is 27.7. The summed E-state index contributed by atoms with van der Waals surface area (Å²) in [6.07, 6.45) is 2.02. The van der Waals surface area contributed by atoms with Crippen LogP contribution in [0.25, 0.3) is 0 Å². The number of ether oxygens (including phenoxy) is 6. The van der Waals surface area contributed by atoms with Crippen molar-refractivity contribution in [1.82, 2.24) is 15.1 Å². The van der Waals surface area contributed by atoms with E-state index in [0.717, 1.165) is 18.6 Å². The summed E-state index contributed by atoms with van der Waals surface area (Å²) in [5.41, 5.74) is -1.39. The van der Waals surface area contributed by atoms with E-state index < -0.39 is 52.5 Å². The molecule has 3 atom stereocenters. The van der Waals surface area contributed by atoms with Crippen molar-refractivity contribution < 1.29 is 47.6 Å². The van der Waals surface area contributed by atoms with Crippen LogP contribution in [0.2, 0.25) is 0 Å². The van der Waals surface area contributed by atoms with Crippen LogP contribution < -0.4 is 10.1 Å². The van der Waals surface area contributed by atoms with Gasteiger partial charge in [0.1, 0.15) is 30.0 Å². The Morgan fingerprint density at radius 1 is 0.768 bits per heavy atom. The molecular formula is C43H73N3O10. The van der Waals surface area contributed by atoms with Crippen molar-refractivity contribution in [2.75, 3.05) is 67.0 Å². The number of likely N-dealkylation sites (N-methyl/N-ethyl adjacent to an activating group) is 2. The van der Waals surface area contributed by atoms with E-state index in [1.54, 1.807) is 52.6 Å². The topological polar surface area (TPSA) is 142 Å². The average Bonchev–Trinajstić information content (AvgIpc) is 3.10. The fraction of sp³-hybridized carbons (Fsp3) is 0.721. The Morgan fingerprint density at radius 3 is 1.75 bits per heavy atom. The molecule has 0 aliphatic carbocycles. The predicted molar refractivity (Wildman–Crippen MR) is 219 cm³/mol. The van der Waals surface area contributed by atoms with Crippen molar-refractivity contribution in [1.29, 1.82) is 0 Å². The van der Waals surface area contributed by atoms with Gasteiger partial charge < -0.3 is 38.6 Å². The van der Waals surface area contributed by atoms with Gasteiger partial charge in [-0.15, -0.1) is 0 Å². The van der Waals surface area contributed by atoms with E-state index in [1.807, 2.05) is 72.7 Å². The second-order valence-corrected chi connectivity index (χ2v) is 17.0. The van der Waals surface area contributed by atoms with Crippen LogP contribution in [0.5, 0.6) is 5.75 Å². The van der Waals surface area contributed by atoms with Crippen LogP contribution in [0.15, 0.2) is 35.9 Å². The van der Waals surface area contributed by atoms with E-state index in [2.05, 4.69) is 12.2 Å². The highest BCUT2D eigenvalue weighted by Gasteiger charge is 2.46. The van der Waals surface area contributed by atoms with Crippen LogP contribution in [0.3, 0.4) is 0 Å². The molecule has 0 bridgehead atoms. The van der Waals surface area contributed by atoms with Crippen molar-refractivity contribution in [3.05, 3.63) is 41.5 Å². The molecule has 56 heavy (non-hydrogen) atoms. The standard InChI is InChI=1S/C43H73N3O10/c1-16-22-51-23-24-52-25-26-53-27-28-55-33-20-18-32(19-21-33)43(12,13)36(46(15)40(50)56-42(9,10)11)37(47)44-35(41(6,7)8)38(48)45(14)34(30(3)4)29-31(5)39(49)54-17-2/h18-21,29-30,34-36H,16-17,22-28H2,1-15H3,(H,44,47)/b31-29+/t34-,35-,36-/m1/s1.